The van der Waals surface area contributed by atoms with E-state index in [2.05, 4.69) is 44.8 Å². The molecule has 3 heterocycles. The van der Waals surface area contributed by atoms with Gasteiger partial charge < -0.3 is 15.4 Å². The van der Waals surface area contributed by atoms with E-state index in [4.69, 9.17) is 4.74 Å². The van der Waals surface area contributed by atoms with Crippen molar-refractivity contribution in [3.05, 3.63) is 33.5 Å². The number of hydrogen-bond acceptors (Lipinski definition) is 5. The van der Waals surface area contributed by atoms with Crippen LogP contribution in [-0.4, -0.2) is 40.9 Å². The van der Waals surface area contributed by atoms with E-state index < -0.39 is 0 Å². The first kappa shape index (κ1) is 16.9. The standard InChI is InChI=1S/C16H24N6OS/c1-11-4-6-13(24-11)8-18-16(17-2)19-12-5-7-15-20-14(10-23-3)21-22(15)9-12/h4,6,12H,5,7-10H2,1-3H3,(H2,17,18,19). The van der Waals surface area contributed by atoms with E-state index in [-0.39, 0.29) is 0 Å². The average Bonchev–Trinajstić information content (AvgIpc) is 3.16. The minimum absolute atomic E-state index is 0.297. The molecule has 0 aliphatic carbocycles. The zero-order valence-corrected chi connectivity index (χ0v) is 15.2. The van der Waals surface area contributed by atoms with Gasteiger partial charge in [-0.25, -0.2) is 9.67 Å². The van der Waals surface area contributed by atoms with Crippen LogP contribution in [0, 0.1) is 6.92 Å². The van der Waals surface area contributed by atoms with Crippen LogP contribution in [0.2, 0.25) is 0 Å². The third-order valence-electron chi connectivity index (χ3n) is 3.97. The largest absolute Gasteiger partial charge is 0.377 e. The van der Waals surface area contributed by atoms with Crippen molar-refractivity contribution in [1.82, 2.24) is 25.4 Å². The second-order valence-electron chi connectivity index (χ2n) is 5.88. The Kier molecular flexibility index (Phi) is 5.47. The van der Waals surface area contributed by atoms with Crippen molar-refractivity contribution in [1.29, 1.82) is 0 Å². The van der Waals surface area contributed by atoms with E-state index >= 15 is 0 Å². The van der Waals surface area contributed by atoms with Crippen molar-refractivity contribution in [2.75, 3.05) is 14.2 Å². The highest BCUT2D eigenvalue weighted by atomic mass is 32.1. The number of methoxy groups -OCH3 is 1. The fourth-order valence-electron chi connectivity index (χ4n) is 2.81. The molecule has 0 radical (unpaired) electrons. The van der Waals surface area contributed by atoms with Crippen LogP contribution in [0.5, 0.6) is 0 Å². The highest BCUT2D eigenvalue weighted by Crippen LogP contribution is 2.15. The van der Waals surface area contributed by atoms with E-state index in [0.717, 1.165) is 43.5 Å². The number of aryl methyl sites for hydroxylation is 2. The lowest BCUT2D eigenvalue weighted by atomic mass is 10.1. The zero-order chi connectivity index (χ0) is 16.9. The molecule has 1 atom stereocenters. The molecule has 2 aromatic rings. The molecular formula is C16H24N6OS. The van der Waals surface area contributed by atoms with E-state index in [1.54, 1.807) is 25.5 Å². The van der Waals surface area contributed by atoms with Gasteiger partial charge in [0.15, 0.2) is 11.8 Å². The molecule has 1 aliphatic heterocycles. The second-order valence-corrected chi connectivity index (χ2v) is 7.25. The third-order valence-corrected chi connectivity index (χ3v) is 4.97. The first-order valence-electron chi connectivity index (χ1n) is 8.12. The van der Waals surface area contributed by atoms with Crippen molar-refractivity contribution in [3.8, 4) is 0 Å². The first-order valence-corrected chi connectivity index (χ1v) is 8.93. The summed E-state index contributed by atoms with van der Waals surface area (Å²) >= 11 is 1.80. The summed E-state index contributed by atoms with van der Waals surface area (Å²) < 4.78 is 7.09. The van der Waals surface area contributed by atoms with Gasteiger partial charge in [0.1, 0.15) is 12.4 Å². The molecule has 1 aliphatic rings. The Morgan fingerprint density at radius 1 is 1.50 bits per heavy atom. The van der Waals surface area contributed by atoms with Crippen LogP contribution in [-0.2, 0) is 30.9 Å². The summed E-state index contributed by atoms with van der Waals surface area (Å²) in [5, 5.41) is 11.4. The summed E-state index contributed by atoms with van der Waals surface area (Å²) in [6.45, 7) is 4.17. The monoisotopic (exact) mass is 348 g/mol. The lowest BCUT2D eigenvalue weighted by molar-refractivity contribution is 0.177. The lowest BCUT2D eigenvalue weighted by Gasteiger charge is -2.25. The SMILES string of the molecule is CN=C(NCc1ccc(C)s1)NC1CCc2nc(COC)nn2C1. The van der Waals surface area contributed by atoms with Crippen LogP contribution in [0.3, 0.4) is 0 Å². The number of nitrogens with one attached hydrogen (secondary N) is 2. The maximum absolute atomic E-state index is 5.11. The number of ether oxygens (including phenoxy) is 1. The maximum atomic E-state index is 5.11. The van der Waals surface area contributed by atoms with Crippen molar-refractivity contribution >= 4 is 17.3 Å². The van der Waals surface area contributed by atoms with Gasteiger partial charge >= 0.3 is 0 Å². The Balaban J connectivity index is 1.54. The van der Waals surface area contributed by atoms with Crippen LogP contribution in [0.4, 0.5) is 0 Å². The highest BCUT2D eigenvalue weighted by Gasteiger charge is 2.22. The number of rotatable bonds is 5. The van der Waals surface area contributed by atoms with Gasteiger partial charge in [0.2, 0.25) is 0 Å². The van der Waals surface area contributed by atoms with Gasteiger partial charge in [-0.1, -0.05) is 0 Å². The average molecular weight is 348 g/mol. The van der Waals surface area contributed by atoms with E-state index in [1.165, 1.54) is 9.75 Å². The van der Waals surface area contributed by atoms with Crippen LogP contribution >= 0.6 is 11.3 Å². The summed E-state index contributed by atoms with van der Waals surface area (Å²) in [6.07, 6.45) is 1.93. The molecule has 2 N–H and O–H groups in total. The summed E-state index contributed by atoms with van der Waals surface area (Å²) in [7, 11) is 3.46. The minimum atomic E-state index is 0.297. The van der Waals surface area contributed by atoms with Gasteiger partial charge in [-0.3, -0.25) is 4.99 Å². The molecular weight excluding hydrogens is 324 g/mol. The fourth-order valence-corrected chi connectivity index (χ4v) is 3.64. The zero-order valence-electron chi connectivity index (χ0n) is 14.4. The molecule has 0 bridgehead atoms. The summed E-state index contributed by atoms with van der Waals surface area (Å²) in [6, 6.07) is 4.59. The number of aliphatic imine (C=N–C) groups is 1. The van der Waals surface area contributed by atoms with Crippen molar-refractivity contribution < 1.29 is 4.74 Å². The Hall–Kier alpha value is -1.93. The van der Waals surface area contributed by atoms with Crippen LogP contribution in [0.25, 0.3) is 0 Å². The second kappa shape index (κ2) is 7.76. The molecule has 0 fully saturated rings. The number of fused-ring (bicyclic) bond motifs is 1. The third kappa shape index (κ3) is 4.12. The Morgan fingerprint density at radius 3 is 3.08 bits per heavy atom. The van der Waals surface area contributed by atoms with E-state index in [9.17, 15) is 0 Å². The molecule has 8 heteroatoms. The van der Waals surface area contributed by atoms with E-state index in [1.807, 2.05) is 4.68 Å². The molecule has 0 spiro atoms. The van der Waals surface area contributed by atoms with Gasteiger partial charge in [0.05, 0.1) is 13.1 Å². The molecule has 0 aromatic carbocycles. The van der Waals surface area contributed by atoms with Crippen molar-refractivity contribution in [2.45, 2.75) is 45.5 Å². The molecule has 0 amide bonds. The predicted molar refractivity (Wildman–Crippen MR) is 95.2 cm³/mol. The van der Waals surface area contributed by atoms with Gasteiger partial charge in [0.25, 0.3) is 0 Å². The predicted octanol–water partition coefficient (Wildman–Crippen LogP) is 1.47. The number of nitrogens with zero attached hydrogens (tertiary/aromatic N) is 4. The van der Waals surface area contributed by atoms with Crippen LogP contribution in [0.1, 0.15) is 27.8 Å². The smallest absolute Gasteiger partial charge is 0.191 e. The minimum Gasteiger partial charge on any atom is -0.377 e. The number of aromatic nitrogens is 3. The Bertz CT molecular complexity index is 707. The quantitative estimate of drug-likeness (QED) is 0.632. The molecule has 2 aromatic heterocycles. The number of hydrogen-bond donors (Lipinski definition) is 2. The number of thiophene rings is 1. The van der Waals surface area contributed by atoms with E-state index in [0.29, 0.717) is 12.6 Å². The Labute approximate surface area is 146 Å². The van der Waals surface area contributed by atoms with Crippen LogP contribution in [0.15, 0.2) is 17.1 Å². The van der Waals surface area contributed by atoms with Gasteiger partial charge in [-0.15, -0.1) is 11.3 Å². The molecule has 0 saturated heterocycles. The van der Waals surface area contributed by atoms with Gasteiger partial charge in [-0.2, -0.15) is 5.10 Å². The normalized spacial score (nSPS) is 17.6. The summed E-state index contributed by atoms with van der Waals surface area (Å²) in [5.74, 6) is 2.62. The molecule has 1 unspecified atom stereocenters. The molecule has 7 nitrogen and oxygen atoms in total. The summed E-state index contributed by atoms with van der Waals surface area (Å²) in [4.78, 5) is 11.5. The summed E-state index contributed by atoms with van der Waals surface area (Å²) in [5.41, 5.74) is 0. The first-order chi connectivity index (χ1) is 11.7. The number of guanidine groups is 1. The molecule has 24 heavy (non-hydrogen) atoms. The lowest BCUT2D eigenvalue weighted by Crippen LogP contribution is -2.46. The molecule has 0 saturated carbocycles. The van der Waals surface area contributed by atoms with Crippen molar-refractivity contribution in [2.24, 2.45) is 4.99 Å². The Morgan fingerprint density at radius 2 is 2.38 bits per heavy atom. The fraction of sp³-hybridized carbons (Fsp3) is 0.562. The molecule has 130 valence electrons. The topological polar surface area (TPSA) is 76.4 Å². The van der Waals surface area contributed by atoms with Gasteiger partial charge in [-0.05, 0) is 25.5 Å². The highest BCUT2D eigenvalue weighted by molar-refractivity contribution is 7.11. The van der Waals surface area contributed by atoms with Gasteiger partial charge in [0, 0.05) is 36.4 Å². The van der Waals surface area contributed by atoms with Crippen LogP contribution < -0.4 is 10.6 Å². The molecule has 3 rings (SSSR count). The van der Waals surface area contributed by atoms with Crippen molar-refractivity contribution in [3.63, 3.8) is 0 Å². The maximum Gasteiger partial charge on any atom is 0.191 e.